The van der Waals surface area contributed by atoms with Crippen LogP contribution < -0.4 is 10.6 Å². The zero-order chi connectivity index (χ0) is 17.0. The number of carbonyl (C=O) groups is 1. The van der Waals surface area contributed by atoms with Gasteiger partial charge in [0.25, 0.3) is 5.91 Å². The van der Waals surface area contributed by atoms with Gasteiger partial charge in [0, 0.05) is 21.3 Å². The highest BCUT2D eigenvalue weighted by Gasteiger charge is 2.34. The molecule has 2 aromatic rings. The van der Waals surface area contributed by atoms with Crippen LogP contribution in [-0.2, 0) is 0 Å². The number of amides is 1. The van der Waals surface area contributed by atoms with Crippen LogP contribution in [0.25, 0.3) is 0 Å². The van der Waals surface area contributed by atoms with Gasteiger partial charge in [0.05, 0.1) is 0 Å². The summed E-state index contributed by atoms with van der Waals surface area (Å²) in [6.45, 7) is 0. The van der Waals surface area contributed by atoms with Crippen LogP contribution in [0.4, 0.5) is 5.69 Å². The number of rotatable bonds is 4. The molecule has 2 N–H and O–H groups in total. The number of anilines is 1. The standard InChI is InChI=1S/C15H11Cl5N2O/c16-10-4-6-12(7-5-10)21-14(15(18,19)20)22-13(23)9-2-1-3-11(17)8-9/h1-8,14,21H,(H,22,23)/t14-/m0/s1. The molecule has 3 nitrogen and oxygen atoms in total. The average molecular weight is 413 g/mol. The van der Waals surface area contributed by atoms with Gasteiger partial charge in [0.15, 0.2) is 0 Å². The third-order valence-electron chi connectivity index (χ3n) is 2.84. The van der Waals surface area contributed by atoms with Gasteiger partial charge in [-0.1, -0.05) is 64.1 Å². The Balaban J connectivity index is 2.16. The highest BCUT2D eigenvalue weighted by Crippen LogP contribution is 2.31. The Morgan fingerprint density at radius 3 is 2.17 bits per heavy atom. The van der Waals surface area contributed by atoms with E-state index in [4.69, 9.17) is 58.0 Å². The summed E-state index contributed by atoms with van der Waals surface area (Å²) in [5, 5.41) is 6.58. The van der Waals surface area contributed by atoms with Gasteiger partial charge in [0.2, 0.25) is 3.79 Å². The van der Waals surface area contributed by atoms with Crippen molar-refractivity contribution in [1.29, 1.82) is 0 Å². The van der Waals surface area contributed by atoms with E-state index in [2.05, 4.69) is 10.6 Å². The van der Waals surface area contributed by atoms with Crippen molar-refractivity contribution in [3.05, 3.63) is 64.1 Å². The molecule has 0 aliphatic heterocycles. The van der Waals surface area contributed by atoms with Gasteiger partial charge in [0.1, 0.15) is 6.17 Å². The molecule has 0 unspecified atom stereocenters. The van der Waals surface area contributed by atoms with Crippen LogP contribution in [0, 0.1) is 0 Å². The summed E-state index contributed by atoms with van der Waals surface area (Å²) in [7, 11) is 0. The molecule has 0 saturated carbocycles. The van der Waals surface area contributed by atoms with Crippen LogP contribution in [0.5, 0.6) is 0 Å². The van der Waals surface area contributed by atoms with Gasteiger partial charge in [-0.15, -0.1) is 0 Å². The summed E-state index contributed by atoms with van der Waals surface area (Å²) >= 11 is 29.5. The predicted molar refractivity (Wildman–Crippen MR) is 98.1 cm³/mol. The van der Waals surface area contributed by atoms with Crippen LogP contribution in [0.1, 0.15) is 10.4 Å². The first-order chi connectivity index (χ1) is 10.8. The maximum absolute atomic E-state index is 12.3. The lowest BCUT2D eigenvalue weighted by Gasteiger charge is -2.27. The summed E-state index contributed by atoms with van der Waals surface area (Å²) in [6, 6.07) is 13.2. The van der Waals surface area contributed by atoms with E-state index in [0.29, 0.717) is 21.3 Å². The second-order valence-electron chi connectivity index (χ2n) is 4.61. The minimum atomic E-state index is -1.77. The van der Waals surface area contributed by atoms with Gasteiger partial charge in [-0.2, -0.15) is 0 Å². The van der Waals surface area contributed by atoms with Crippen molar-refractivity contribution < 1.29 is 4.79 Å². The van der Waals surface area contributed by atoms with E-state index in [1.165, 1.54) is 6.07 Å². The molecule has 0 heterocycles. The molecular formula is C15H11Cl5N2O. The maximum atomic E-state index is 12.3. The van der Waals surface area contributed by atoms with Crippen molar-refractivity contribution in [2.75, 3.05) is 5.32 Å². The minimum absolute atomic E-state index is 0.356. The second kappa shape index (κ2) is 7.82. The molecule has 0 saturated heterocycles. The Labute approximate surface area is 158 Å². The Hall–Kier alpha value is -0.840. The molecule has 0 fully saturated rings. The minimum Gasteiger partial charge on any atom is -0.362 e. The topological polar surface area (TPSA) is 41.1 Å². The van der Waals surface area contributed by atoms with Crippen LogP contribution in [-0.4, -0.2) is 15.9 Å². The van der Waals surface area contributed by atoms with Crippen molar-refractivity contribution in [2.45, 2.75) is 9.96 Å². The van der Waals surface area contributed by atoms with Crippen molar-refractivity contribution >= 4 is 69.6 Å². The van der Waals surface area contributed by atoms with Crippen molar-refractivity contribution in [3.63, 3.8) is 0 Å². The third kappa shape index (κ3) is 5.63. The smallest absolute Gasteiger partial charge is 0.253 e. The van der Waals surface area contributed by atoms with Crippen LogP contribution in [0.2, 0.25) is 10.0 Å². The highest BCUT2D eigenvalue weighted by atomic mass is 35.6. The molecule has 8 heteroatoms. The SMILES string of the molecule is O=C(N[C@H](Nc1ccc(Cl)cc1)C(Cl)(Cl)Cl)c1cccc(Cl)c1. The molecule has 0 radical (unpaired) electrons. The van der Waals surface area contributed by atoms with Gasteiger partial charge < -0.3 is 10.6 Å². The highest BCUT2D eigenvalue weighted by molar-refractivity contribution is 6.68. The molecule has 0 aliphatic carbocycles. The van der Waals surface area contributed by atoms with Gasteiger partial charge >= 0.3 is 0 Å². The van der Waals surface area contributed by atoms with Crippen molar-refractivity contribution in [1.82, 2.24) is 5.32 Å². The van der Waals surface area contributed by atoms with E-state index in [0.717, 1.165) is 0 Å². The summed E-state index contributed by atoms with van der Waals surface area (Å²) in [6.07, 6.45) is -0.958. The molecular weight excluding hydrogens is 401 g/mol. The number of hydrogen-bond donors (Lipinski definition) is 2. The first-order valence-electron chi connectivity index (χ1n) is 6.41. The van der Waals surface area contributed by atoms with E-state index in [1.54, 1.807) is 42.5 Å². The summed E-state index contributed by atoms with van der Waals surface area (Å²) in [5.74, 6) is -0.426. The molecule has 23 heavy (non-hydrogen) atoms. The lowest BCUT2D eigenvalue weighted by Crippen LogP contribution is -2.49. The lowest BCUT2D eigenvalue weighted by molar-refractivity contribution is 0.0942. The molecule has 2 rings (SSSR count). The number of benzene rings is 2. The third-order valence-corrected chi connectivity index (χ3v) is 3.99. The Kier molecular flexibility index (Phi) is 6.29. The largest absolute Gasteiger partial charge is 0.362 e. The Bertz CT molecular complexity index is 685. The number of nitrogens with one attached hydrogen (secondary N) is 2. The van der Waals surface area contributed by atoms with E-state index < -0.39 is 15.9 Å². The fourth-order valence-corrected chi connectivity index (χ4v) is 2.40. The Morgan fingerprint density at radius 2 is 1.61 bits per heavy atom. The zero-order valence-corrected chi connectivity index (χ0v) is 15.3. The number of carbonyl (C=O) groups excluding carboxylic acids is 1. The average Bonchev–Trinajstić information content (AvgIpc) is 2.47. The van der Waals surface area contributed by atoms with Crippen LogP contribution >= 0.6 is 58.0 Å². The lowest BCUT2D eigenvalue weighted by atomic mass is 10.2. The quantitative estimate of drug-likeness (QED) is 0.512. The summed E-state index contributed by atoms with van der Waals surface area (Å²) in [4.78, 5) is 12.3. The predicted octanol–water partition coefficient (Wildman–Crippen LogP) is 5.53. The summed E-state index contributed by atoms with van der Waals surface area (Å²) in [5.41, 5.74) is 0.992. The molecule has 0 aliphatic rings. The van der Waals surface area contributed by atoms with E-state index in [9.17, 15) is 4.79 Å². The van der Waals surface area contributed by atoms with Gasteiger partial charge in [-0.25, -0.2) is 0 Å². The molecule has 2 aromatic carbocycles. The van der Waals surface area contributed by atoms with E-state index >= 15 is 0 Å². The molecule has 0 bridgehead atoms. The van der Waals surface area contributed by atoms with Crippen LogP contribution in [0.15, 0.2) is 48.5 Å². The Morgan fingerprint density at radius 1 is 0.957 bits per heavy atom. The molecule has 1 atom stereocenters. The first kappa shape index (κ1) is 18.5. The molecule has 0 spiro atoms. The molecule has 0 aromatic heterocycles. The van der Waals surface area contributed by atoms with Crippen molar-refractivity contribution in [3.8, 4) is 0 Å². The number of hydrogen-bond acceptors (Lipinski definition) is 2. The monoisotopic (exact) mass is 410 g/mol. The normalized spacial score (nSPS) is 12.6. The van der Waals surface area contributed by atoms with E-state index in [1.807, 2.05) is 0 Å². The maximum Gasteiger partial charge on any atom is 0.253 e. The molecule has 1 amide bonds. The van der Waals surface area contributed by atoms with Crippen molar-refractivity contribution in [2.24, 2.45) is 0 Å². The zero-order valence-electron chi connectivity index (χ0n) is 11.5. The first-order valence-corrected chi connectivity index (χ1v) is 8.30. The molecule has 122 valence electrons. The fraction of sp³-hybridized carbons (Fsp3) is 0.133. The van der Waals surface area contributed by atoms with E-state index in [-0.39, 0.29) is 0 Å². The van der Waals surface area contributed by atoms with Gasteiger partial charge in [-0.05, 0) is 42.5 Å². The van der Waals surface area contributed by atoms with Gasteiger partial charge in [-0.3, -0.25) is 4.79 Å². The fourth-order valence-electron chi connectivity index (χ4n) is 1.76. The number of alkyl halides is 3. The second-order valence-corrected chi connectivity index (χ2v) is 7.85. The number of halogens is 5. The summed E-state index contributed by atoms with van der Waals surface area (Å²) < 4.78 is -1.77. The van der Waals surface area contributed by atoms with Crippen LogP contribution in [0.3, 0.4) is 0 Å².